The van der Waals surface area contributed by atoms with Crippen LogP contribution in [0.2, 0.25) is 0 Å². The fourth-order valence-electron chi connectivity index (χ4n) is 2.79. The third-order valence-corrected chi connectivity index (χ3v) is 3.91. The van der Waals surface area contributed by atoms with E-state index in [2.05, 4.69) is 23.5 Å². The zero-order valence-corrected chi connectivity index (χ0v) is 13.8. The van der Waals surface area contributed by atoms with Crippen molar-refractivity contribution in [1.82, 2.24) is 4.90 Å². The van der Waals surface area contributed by atoms with E-state index in [9.17, 15) is 5.53 Å². The molecule has 0 aromatic heterocycles. The maximum Gasteiger partial charge on any atom is 0.328 e. The SMILES string of the molecule is CCCOC1=CC(=[N+]=[N-])C(OCCC)C=C1N1CCCCC1. The normalized spacial score (nSPS) is 22.0. The number of hydrogen-bond acceptors (Lipinski definition) is 3. The Morgan fingerprint density at radius 1 is 1.18 bits per heavy atom. The molecule has 2 rings (SSSR count). The Morgan fingerprint density at radius 3 is 2.55 bits per heavy atom. The van der Waals surface area contributed by atoms with Gasteiger partial charge in [-0.2, -0.15) is 4.79 Å². The van der Waals surface area contributed by atoms with E-state index >= 15 is 0 Å². The molecule has 1 fully saturated rings. The highest BCUT2D eigenvalue weighted by Crippen LogP contribution is 2.26. The van der Waals surface area contributed by atoms with Gasteiger partial charge in [-0.25, -0.2) is 0 Å². The monoisotopic (exact) mass is 305 g/mol. The van der Waals surface area contributed by atoms with Gasteiger partial charge in [0.1, 0.15) is 5.76 Å². The van der Waals surface area contributed by atoms with E-state index in [0.29, 0.717) is 18.9 Å². The smallest absolute Gasteiger partial charge is 0.328 e. The summed E-state index contributed by atoms with van der Waals surface area (Å²) < 4.78 is 11.7. The quantitative estimate of drug-likeness (QED) is 0.536. The Balaban J connectivity index is 2.22. The molecule has 0 aromatic carbocycles. The van der Waals surface area contributed by atoms with Crippen molar-refractivity contribution in [2.75, 3.05) is 26.3 Å². The van der Waals surface area contributed by atoms with Gasteiger partial charge in [-0.15, -0.1) is 0 Å². The summed E-state index contributed by atoms with van der Waals surface area (Å²) in [5.74, 6) is 0.799. The average molecular weight is 305 g/mol. The lowest BCUT2D eigenvalue weighted by Gasteiger charge is -2.33. The first-order valence-corrected chi connectivity index (χ1v) is 8.45. The molecule has 1 unspecified atom stereocenters. The first-order chi connectivity index (χ1) is 10.8. The Kier molecular flexibility index (Phi) is 6.69. The maximum atomic E-state index is 9.27. The van der Waals surface area contributed by atoms with Gasteiger partial charge in [0.2, 0.25) is 0 Å². The second-order valence-corrected chi connectivity index (χ2v) is 5.77. The van der Waals surface area contributed by atoms with Crippen LogP contribution < -0.4 is 0 Å². The van der Waals surface area contributed by atoms with Crippen molar-refractivity contribution in [2.24, 2.45) is 0 Å². The number of piperidine rings is 1. The number of rotatable bonds is 7. The van der Waals surface area contributed by atoms with Crippen molar-refractivity contribution in [1.29, 1.82) is 0 Å². The van der Waals surface area contributed by atoms with Crippen LogP contribution in [0.5, 0.6) is 0 Å². The van der Waals surface area contributed by atoms with Crippen LogP contribution in [0, 0.1) is 0 Å². The summed E-state index contributed by atoms with van der Waals surface area (Å²) in [6.07, 6.45) is 9.16. The first kappa shape index (κ1) is 16.8. The van der Waals surface area contributed by atoms with Crippen LogP contribution in [0.25, 0.3) is 5.53 Å². The molecule has 0 aromatic rings. The summed E-state index contributed by atoms with van der Waals surface area (Å²) in [7, 11) is 0. The molecule has 0 spiro atoms. The summed E-state index contributed by atoms with van der Waals surface area (Å²) >= 11 is 0. The van der Waals surface area contributed by atoms with Gasteiger partial charge in [0.05, 0.1) is 18.4 Å². The maximum absolute atomic E-state index is 9.27. The summed E-state index contributed by atoms with van der Waals surface area (Å²) in [5, 5.41) is 0. The molecular formula is C17H27N3O2. The summed E-state index contributed by atoms with van der Waals surface area (Å²) in [6.45, 7) is 7.56. The lowest BCUT2D eigenvalue weighted by atomic mass is 10.0. The molecule has 0 saturated carbocycles. The van der Waals surface area contributed by atoms with Crippen LogP contribution >= 0.6 is 0 Å². The number of nitrogens with zero attached hydrogens (tertiary/aromatic N) is 3. The Hall–Kier alpha value is -1.58. The minimum absolute atomic E-state index is 0.296. The fraction of sp³-hybridized carbons (Fsp3) is 0.706. The predicted octanol–water partition coefficient (Wildman–Crippen LogP) is 3.15. The standard InChI is InChI=1S/C17H27N3O2/c1-3-10-21-16-13-15(20-8-6-5-7-9-20)17(22-11-4-2)12-14(16)19-18/h12-13,16H,3-11H2,1-2H3. The Morgan fingerprint density at radius 2 is 1.91 bits per heavy atom. The molecule has 1 atom stereocenters. The van der Waals surface area contributed by atoms with E-state index in [1.165, 1.54) is 19.3 Å². The van der Waals surface area contributed by atoms with Crippen molar-refractivity contribution in [3.8, 4) is 0 Å². The van der Waals surface area contributed by atoms with Crippen molar-refractivity contribution in [2.45, 2.75) is 52.1 Å². The van der Waals surface area contributed by atoms with E-state index < -0.39 is 0 Å². The van der Waals surface area contributed by atoms with Crippen molar-refractivity contribution >= 4 is 5.71 Å². The van der Waals surface area contributed by atoms with Crippen molar-refractivity contribution in [3.05, 3.63) is 29.1 Å². The van der Waals surface area contributed by atoms with Crippen LogP contribution in [0.4, 0.5) is 0 Å². The van der Waals surface area contributed by atoms with Crippen LogP contribution in [-0.2, 0) is 9.47 Å². The molecule has 0 radical (unpaired) electrons. The molecule has 0 bridgehead atoms. The highest BCUT2D eigenvalue weighted by Gasteiger charge is 2.31. The first-order valence-electron chi connectivity index (χ1n) is 8.45. The van der Waals surface area contributed by atoms with E-state index in [1.54, 1.807) is 0 Å². The topological polar surface area (TPSA) is 58.1 Å². The van der Waals surface area contributed by atoms with E-state index in [1.807, 2.05) is 12.2 Å². The number of ether oxygens (including phenoxy) is 2. The summed E-state index contributed by atoms with van der Waals surface area (Å²) in [5.41, 5.74) is 10.9. The molecule has 5 nitrogen and oxygen atoms in total. The molecule has 1 aliphatic heterocycles. The Labute approximate surface area is 133 Å². The van der Waals surface area contributed by atoms with Gasteiger partial charge in [0.25, 0.3) is 0 Å². The molecule has 1 aliphatic carbocycles. The van der Waals surface area contributed by atoms with Gasteiger partial charge in [0, 0.05) is 19.7 Å². The van der Waals surface area contributed by atoms with Crippen molar-refractivity contribution in [3.63, 3.8) is 0 Å². The summed E-state index contributed by atoms with van der Waals surface area (Å²) in [4.78, 5) is 5.75. The second-order valence-electron chi connectivity index (χ2n) is 5.77. The van der Waals surface area contributed by atoms with Gasteiger partial charge < -0.3 is 19.9 Å². The molecule has 22 heavy (non-hydrogen) atoms. The van der Waals surface area contributed by atoms with Crippen LogP contribution in [0.15, 0.2) is 23.6 Å². The Bertz CT molecular complexity index is 472. The van der Waals surface area contributed by atoms with Gasteiger partial charge >= 0.3 is 5.71 Å². The third kappa shape index (κ3) is 4.21. The molecular weight excluding hydrogens is 278 g/mol. The minimum Gasteiger partial charge on any atom is -0.491 e. The molecule has 1 saturated heterocycles. The molecule has 2 aliphatic rings. The van der Waals surface area contributed by atoms with E-state index in [0.717, 1.165) is 37.4 Å². The number of likely N-dealkylation sites (tertiary alicyclic amines) is 1. The zero-order chi connectivity index (χ0) is 15.8. The van der Waals surface area contributed by atoms with Gasteiger partial charge in [-0.05, 0) is 38.2 Å². The van der Waals surface area contributed by atoms with E-state index in [-0.39, 0.29) is 6.10 Å². The molecule has 0 amide bonds. The largest absolute Gasteiger partial charge is 0.491 e. The fourth-order valence-corrected chi connectivity index (χ4v) is 2.79. The molecule has 122 valence electrons. The lowest BCUT2D eigenvalue weighted by Crippen LogP contribution is -2.35. The number of hydrogen-bond donors (Lipinski definition) is 0. The minimum atomic E-state index is -0.296. The van der Waals surface area contributed by atoms with Gasteiger partial charge in [0.15, 0.2) is 6.10 Å². The van der Waals surface area contributed by atoms with Gasteiger partial charge in [-0.1, -0.05) is 13.8 Å². The molecule has 5 heteroatoms. The third-order valence-electron chi connectivity index (χ3n) is 3.91. The highest BCUT2D eigenvalue weighted by molar-refractivity contribution is 5.97. The van der Waals surface area contributed by atoms with Gasteiger partial charge in [-0.3, -0.25) is 0 Å². The lowest BCUT2D eigenvalue weighted by molar-refractivity contribution is -0.0236. The highest BCUT2D eigenvalue weighted by atomic mass is 16.5. The zero-order valence-electron chi connectivity index (χ0n) is 13.8. The average Bonchev–Trinajstić information content (AvgIpc) is 2.58. The molecule has 0 N–H and O–H groups in total. The molecule has 1 heterocycles. The second kappa shape index (κ2) is 8.76. The summed E-state index contributed by atoms with van der Waals surface area (Å²) in [6, 6.07) is 0. The van der Waals surface area contributed by atoms with Crippen LogP contribution in [0.1, 0.15) is 46.0 Å². The van der Waals surface area contributed by atoms with Crippen LogP contribution in [0.3, 0.4) is 0 Å². The van der Waals surface area contributed by atoms with Crippen molar-refractivity contribution < 1.29 is 14.3 Å². The van der Waals surface area contributed by atoms with E-state index in [4.69, 9.17) is 9.47 Å². The predicted molar refractivity (Wildman–Crippen MR) is 86.5 cm³/mol. The van der Waals surface area contributed by atoms with Crippen LogP contribution in [-0.4, -0.2) is 47.8 Å².